The quantitative estimate of drug-likeness (QED) is 0.630. The van der Waals surface area contributed by atoms with Gasteiger partial charge in [-0.05, 0) is 26.2 Å². The van der Waals surface area contributed by atoms with Crippen molar-refractivity contribution in [3.05, 3.63) is 0 Å². The maximum atomic E-state index is 11.8. The molecular weight excluding hydrogens is 238 g/mol. The Morgan fingerprint density at radius 2 is 2.06 bits per heavy atom. The van der Waals surface area contributed by atoms with E-state index >= 15 is 0 Å². The summed E-state index contributed by atoms with van der Waals surface area (Å²) in [6.07, 6.45) is 1.66. The van der Waals surface area contributed by atoms with E-state index in [2.05, 4.69) is 5.32 Å². The van der Waals surface area contributed by atoms with Crippen LogP contribution in [0.3, 0.4) is 0 Å². The van der Waals surface area contributed by atoms with Crippen LogP contribution < -0.4 is 11.1 Å². The first-order valence-corrected chi connectivity index (χ1v) is 6.00. The van der Waals surface area contributed by atoms with Crippen LogP contribution in [0.4, 0.5) is 4.79 Å². The van der Waals surface area contributed by atoms with Crippen molar-refractivity contribution in [3.63, 3.8) is 0 Å². The van der Waals surface area contributed by atoms with Gasteiger partial charge in [-0.2, -0.15) is 0 Å². The third-order valence-electron chi connectivity index (χ3n) is 3.13. The molecule has 1 aliphatic rings. The molecule has 0 aromatic rings. The van der Waals surface area contributed by atoms with Gasteiger partial charge in [-0.15, -0.1) is 0 Å². The van der Waals surface area contributed by atoms with E-state index in [0.29, 0.717) is 25.8 Å². The number of carbonyl (C=O) groups excluding carboxylic acids is 2. The van der Waals surface area contributed by atoms with Crippen LogP contribution in [0.1, 0.15) is 26.2 Å². The van der Waals surface area contributed by atoms with Crippen molar-refractivity contribution in [2.45, 2.75) is 32.2 Å². The van der Waals surface area contributed by atoms with Gasteiger partial charge >= 0.3 is 12.0 Å². The number of rotatable bonds is 5. The fourth-order valence-corrected chi connectivity index (χ4v) is 2.12. The number of carboxylic acid groups (broad SMARTS) is 1. The number of likely N-dealkylation sites (N-methyl/N-ethyl adjacent to an activating group) is 1. The number of nitrogens with zero attached hydrogens (tertiary/aromatic N) is 1. The molecule has 1 saturated carbocycles. The molecule has 0 radical (unpaired) electrons. The lowest BCUT2D eigenvalue weighted by Gasteiger charge is -2.22. The van der Waals surface area contributed by atoms with Crippen molar-refractivity contribution in [2.75, 3.05) is 13.1 Å². The minimum absolute atomic E-state index is 0.128. The topological polar surface area (TPSA) is 113 Å². The lowest BCUT2D eigenvalue weighted by molar-refractivity contribution is -0.141. The van der Waals surface area contributed by atoms with Gasteiger partial charge in [-0.3, -0.25) is 9.59 Å². The van der Waals surface area contributed by atoms with Crippen molar-refractivity contribution in [1.82, 2.24) is 10.2 Å². The summed E-state index contributed by atoms with van der Waals surface area (Å²) >= 11 is 0. The van der Waals surface area contributed by atoms with Gasteiger partial charge in [0.05, 0.1) is 5.92 Å². The standard InChI is InChI=1S/C11H19N3O4/c1-2-14(6-9(12)15)11(18)13-8-4-3-7(5-8)10(16)17/h7-8H,2-6H2,1H3,(H2,12,15)(H,13,18)(H,16,17). The fraction of sp³-hybridized carbons (Fsp3) is 0.727. The van der Waals surface area contributed by atoms with Gasteiger partial charge in [0.1, 0.15) is 6.54 Å². The predicted octanol–water partition coefficient (Wildman–Crippen LogP) is -0.243. The largest absolute Gasteiger partial charge is 0.481 e. The van der Waals surface area contributed by atoms with Gasteiger partial charge in [-0.25, -0.2) is 4.79 Å². The number of carbonyl (C=O) groups is 3. The first-order valence-electron chi connectivity index (χ1n) is 6.00. The molecule has 0 aromatic heterocycles. The van der Waals surface area contributed by atoms with Crippen molar-refractivity contribution >= 4 is 17.9 Å². The van der Waals surface area contributed by atoms with E-state index in [1.165, 1.54) is 4.90 Å². The normalized spacial score (nSPS) is 22.5. The Balaban J connectivity index is 2.44. The zero-order valence-corrected chi connectivity index (χ0v) is 10.4. The number of urea groups is 1. The minimum atomic E-state index is -0.823. The first kappa shape index (κ1) is 14.3. The molecule has 7 heteroatoms. The van der Waals surface area contributed by atoms with E-state index in [0.717, 1.165) is 0 Å². The van der Waals surface area contributed by atoms with Crippen LogP contribution >= 0.6 is 0 Å². The van der Waals surface area contributed by atoms with Gasteiger partial charge in [-0.1, -0.05) is 0 Å². The zero-order chi connectivity index (χ0) is 13.7. The average molecular weight is 257 g/mol. The summed E-state index contributed by atoms with van der Waals surface area (Å²) in [5, 5.41) is 11.6. The van der Waals surface area contributed by atoms with E-state index in [9.17, 15) is 14.4 Å². The highest BCUT2D eigenvalue weighted by atomic mass is 16.4. The summed E-state index contributed by atoms with van der Waals surface area (Å²) in [4.78, 5) is 34.7. The third kappa shape index (κ3) is 3.90. The van der Waals surface area contributed by atoms with Gasteiger partial charge in [0.25, 0.3) is 0 Å². The average Bonchev–Trinajstić information content (AvgIpc) is 2.74. The Bertz CT molecular complexity index is 345. The second kappa shape index (κ2) is 6.23. The molecule has 0 bridgehead atoms. The molecule has 7 nitrogen and oxygen atoms in total. The Kier molecular flexibility index (Phi) is 4.94. The number of nitrogens with two attached hydrogens (primary N) is 1. The Hall–Kier alpha value is -1.79. The van der Waals surface area contributed by atoms with E-state index in [1.54, 1.807) is 6.92 Å². The number of amides is 3. The van der Waals surface area contributed by atoms with Gasteiger partial charge in [0, 0.05) is 12.6 Å². The molecule has 0 heterocycles. The lowest BCUT2D eigenvalue weighted by Crippen LogP contribution is -2.47. The van der Waals surface area contributed by atoms with Crippen molar-refractivity contribution in [1.29, 1.82) is 0 Å². The second-order valence-electron chi connectivity index (χ2n) is 4.48. The van der Waals surface area contributed by atoms with Crippen LogP contribution in [0.25, 0.3) is 0 Å². The second-order valence-corrected chi connectivity index (χ2v) is 4.48. The van der Waals surface area contributed by atoms with Crippen LogP contribution in [0.5, 0.6) is 0 Å². The van der Waals surface area contributed by atoms with Crippen LogP contribution in [-0.2, 0) is 9.59 Å². The number of primary amides is 1. The molecule has 0 saturated heterocycles. The minimum Gasteiger partial charge on any atom is -0.481 e. The molecular formula is C11H19N3O4. The maximum Gasteiger partial charge on any atom is 0.318 e. The van der Waals surface area contributed by atoms with Gasteiger partial charge < -0.3 is 21.1 Å². The summed E-state index contributed by atoms with van der Waals surface area (Å²) in [7, 11) is 0. The first-order chi connectivity index (χ1) is 8.43. The smallest absolute Gasteiger partial charge is 0.318 e. The molecule has 1 rings (SSSR count). The van der Waals surface area contributed by atoms with Crippen LogP contribution in [0.15, 0.2) is 0 Å². The van der Waals surface area contributed by atoms with Gasteiger partial charge in [0.15, 0.2) is 0 Å². The molecule has 4 N–H and O–H groups in total. The Morgan fingerprint density at radius 3 is 2.50 bits per heavy atom. The highest BCUT2D eigenvalue weighted by Crippen LogP contribution is 2.25. The van der Waals surface area contributed by atoms with Crippen LogP contribution in [0.2, 0.25) is 0 Å². The summed E-state index contributed by atoms with van der Waals surface area (Å²) in [5.74, 6) is -1.78. The summed E-state index contributed by atoms with van der Waals surface area (Å²) in [6.45, 7) is 2.00. The molecule has 0 aromatic carbocycles. The van der Waals surface area contributed by atoms with Gasteiger partial charge in [0.2, 0.25) is 5.91 Å². The Labute approximate surface area is 105 Å². The third-order valence-corrected chi connectivity index (χ3v) is 3.13. The van der Waals surface area contributed by atoms with Crippen molar-refractivity contribution in [2.24, 2.45) is 11.7 Å². The molecule has 0 spiro atoms. The molecule has 2 atom stereocenters. The number of carboxylic acids is 1. The molecule has 1 aliphatic carbocycles. The number of hydrogen-bond acceptors (Lipinski definition) is 3. The molecule has 18 heavy (non-hydrogen) atoms. The molecule has 2 unspecified atom stereocenters. The highest BCUT2D eigenvalue weighted by Gasteiger charge is 2.31. The van der Waals surface area contributed by atoms with Crippen molar-refractivity contribution in [3.8, 4) is 0 Å². The number of nitrogens with one attached hydrogen (secondary N) is 1. The SMILES string of the molecule is CCN(CC(N)=O)C(=O)NC1CCC(C(=O)O)C1. The predicted molar refractivity (Wildman–Crippen MR) is 63.7 cm³/mol. The number of hydrogen-bond donors (Lipinski definition) is 3. The number of aliphatic carboxylic acids is 1. The van der Waals surface area contributed by atoms with Crippen molar-refractivity contribution < 1.29 is 19.5 Å². The molecule has 3 amide bonds. The summed E-state index contributed by atoms with van der Waals surface area (Å²) < 4.78 is 0. The van der Waals surface area contributed by atoms with Crippen LogP contribution in [-0.4, -0.2) is 47.0 Å². The highest BCUT2D eigenvalue weighted by molar-refractivity contribution is 5.83. The van der Waals surface area contributed by atoms with E-state index in [-0.39, 0.29) is 24.5 Å². The molecule has 0 aliphatic heterocycles. The maximum absolute atomic E-state index is 11.8. The summed E-state index contributed by atoms with van der Waals surface area (Å²) in [5.41, 5.74) is 5.04. The van der Waals surface area contributed by atoms with E-state index in [4.69, 9.17) is 10.8 Å². The van der Waals surface area contributed by atoms with E-state index in [1.807, 2.05) is 0 Å². The Morgan fingerprint density at radius 1 is 1.39 bits per heavy atom. The molecule has 1 fully saturated rings. The zero-order valence-electron chi connectivity index (χ0n) is 10.4. The monoisotopic (exact) mass is 257 g/mol. The lowest BCUT2D eigenvalue weighted by atomic mass is 10.1. The van der Waals surface area contributed by atoms with Crippen LogP contribution in [0, 0.1) is 5.92 Å². The molecule has 102 valence electrons. The fourth-order valence-electron chi connectivity index (χ4n) is 2.12. The summed E-state index contributed by atoms with van der Waals surface area (Å²) in [6, 6.07) is -0.507. The van der Waals surface area contributed by atoms with E-state index < -0.39 is 11.9 Å².